The second-order valence-corrected chi connectivity index (χ2v) is 3.89. The first-order valence-corrected chi connectivity index (χ1v) is 5.58. The zero-order valence-corrected chi connectivity index (χ0v) is 10.1. The van der Waals surface area contributed by atoms with Crippen LogP contribution in [-0.4, -0.2) is 23.8 Å². The molecule has 17 heavy (non-hydrogen) atoms. The van der Waals surface area contributed by atoms with Crippen LogP contribution in [0.1, 0.15) is 13.3 Å². The molecule has 0 spiro atoms. The molecule has 0 aliphatic carbocycles. The van der Waals surface area contributed by atoms with E-state index in [0.29, 0.717) is 6.42 Å². The first-order chi connectivity index (χ1) is 8.08. The summed E-state index contributed by atoms with van der Waals surface area (Å²) < 4.78 is 13.4. The monoisotopic (exact) mass is 260 g/mol. The molecule has 6 heteroatoms. The summed E-state index contributed by atoms with van der Waals surface area (Å²) in [5.41, 5.74) is 0.00259. The van der Waals surface area contributed by atoms with Crippen LogP contribution in [0.2, 0.25) is 5.02 Å². The summed E-state index contributed by atoms with van der Waals surface area (Å²) in [4.78, 5) is 11.5. The van der Waals surface area contributed by atoms with Gasteiger partial charge in [0.1, 0.15) is 0 Å². The van der Waals surface area contributed by atoms with E-state index in [2.05, 4.69) is 10.6 Å². The molecule has 0 heterocycles. The lowest BCUT2D eigenvalue weighted by atomic mass is 10.2. The first kappa shape index (κ1) is 13.7. The molecular weight excluding hydrogens is 247 g/mol. The van der Waals surface area contributed by atoms with Crippen LogP contribution >= 0.6 is 11.6 Å². The van der Waals surface area contributed by atoms with Gasteiger partial charge >= 0.3 is 6.03 Å². The second-order valence-electron chi connectivity index (χ2n) is 3.49. The normalized spacial score (nSPS) is 12.0. The molecule has 1 unspecified atom stereocenters. The van der Waals surface area contributed by atoms with Crippen LogP contribution in [-0.2, 0) is 0 Å². The summed E-state index contributed by atoms with van der Waals surface area (Å²) in [6, 6.07) is 3.40. The van der Waals surface area contributed by atoms with E-state index in [1.807, 2.05) is 6.92 Å². The minimum atomic E-state index is -0.679. The number of halogens is 2. The van der Waals surface area contributed by atoms with Crippen molar-refractivity contribution in [3.8, 4) is 0 Å². The fourth-order valence-electron chi connectivity index (χ4n) is 1.22. The molecule has 0 radical (unpaired) electrons. The van der Waals surface area contributed by atoms with Gasteiger partial charge in [0.25, 0.3) is 0 Å². The Balaban J connectivity index is 2.65. The zero-order chi connectivity index (χ0) is 12.8. The molecule has 0 aliphatic heterocycles. The highest BCUT2D eigenvalue weighted by atomic mass is 35.5. The SMILES string of the molecule is CCC(CO)NC(=O)Nc1cccc(Cl)c1F. The van der Waals surface area contributed by atoms with Crippen molar-refractivity contribution in [2.45, 2.75) is 19.4 Å². The topological polar surface area (TPSA) is 61.4 Å². The van der Waals surface area contributed by atoms with Crippen molar-refractivity contribution in [1.29, 1.82) is 0 Å². The largest absolute Gasteiger partial charge is 0.394 e. The van der Waals surface area contributed by atoms with Gasteiger partial charge in [0.2, 0.25) is 0 Å². The van der Waals surface area contributed by atoms with Gasteiger partial charge in [-0.2, -0.15) is 0 Å². The summed E-state index contributed by atoms with van der Waals surface area (Å²) in [5, 5.41) is 13.7. The minimum absolute atomic E-state index is 0.00259. The van der Waals surface area contributed by atoms with E-state index in [0.717, 1.165) is 0 Å². The van der Waals surface area contributed by atoms with Crippen molar-refractivity contribution in [2.75, 3.05) is 11.9 Å². The Hall–Kier alpha value is -1.33. The number of hydrogen-bond donors (Lipinski definition) is 3. The second kappa shape index (κ2) is 6.42. The number of aliphatic hydroxyl groups is 1. The number of carbonyl (C=O) groups is 1. The Morgan fingerprint density at radius 2 is 2.29 bits per heavy atom. The van der Waals surface area contributed by atoms with Gasteiger partial charge < -0.3 is 15.7 Å². The molecule has 1 aromatic carbocycles. The standard InChI is InChI=1S/C11H14ClFN2O2/c1-2-7(6-16)14-11(17)15-9-5-3-4-8(12)10(9)13/h3-5,7,16H,2,6H2,1H3,(H2,14,15,17). The third-order valence-electron chi connectivity index (χ3n) is 2.25. The average Bonchev–Trinajstić information content (AvgIpc) is 2.32. The van der Waals surface area contributed by atoms with E-state index in [-0.39, 0.29) is 23.4 Å². The molecule has 1 atom stereocenters. The van der Waals surface area contributed by atoms with Crippen LogP contribution in [0.25, 0.3) is 0 Å². The molecule has 4 nitrogen and oxygen atoms in total. The zero-order valence-electron chi connectivity index (χ0n) is 9.34. The molecule has 1 aromatic rings. The van der Waals surface area contributed by atoms with Crippen molar-refractivity contribution < 1.29 is 14.3 Å². The lowest BCUT2D eigenvalue weighted by Crippen LogP contribution is -2.39. The number of rotatable bonds is 4. The molecule has 0 aliphatic rings. The van der Waals surface area contributed by atoms with Crippen molar-refractivity contribution >= 4 is 23.3 Å². The Labute approximate surface area is 104 Å². The van der Waals surface area contributed by atoms with Crippen molar-refractivity contribution in [3.05, 3.63) is 29.0 Å². The number of benzene rings is 1. The van der Waals surface area contributed by atoms with Gasteiger partial charge in [-0.15, -0.1) is 0 Å². The number of amides is 2. The van der Waals surface area contributed by atoms with Gasteiger partial charge in [-0.3, -0.25) is 0 Å². The fraction of sp³-hybridized carbons (Fsp3) is 0.364. The predicted molar refractivity (Wildman–Crippen MR) is 64.7 cm³/mol. The van der Waals surface area contributed by atoms with Crippen LogP contribution in [0.15, 0.2) is 18.2 Å². The van der Waals surface area contributed by atoms with Gasteiger partial charge in [0.15, 0.2) is 5.82 Å². The van der Waals surface area contributed by atoms with Crippen molar-refractivity contribution in [2.24, 2.45) is 0 Å². The maximum atomic E-state index is 13.4. The third-order valence-corrected chi connectivity index (χ3v) is 2.54. The summed E-state index contributed by atoms with van der Waals surface area (Å²) in [6.45, 7) is 1.66. The number of aliphatic hydroxyl groups excluding tert-OH is 1. The fourth-order valence-corrected chi connectivity index (χ4v) is 1.40. The quantitative estimate of drug-likeness (QED) is 0.778. The van der Waals surface area contributed by atoms with Gasteiger partial charge in [-0.1, -0.05) is 24.6 Å². The molecular formula is C11H14ClFN2O2. The highest BCUT2D eigenvalue weighted by Crippen LogP contribution is 2.21. The van der Waals surface area contributed by atoms with Gasteiger partial charge in [0.05, 0.1) is 23.4 Å². The first-order valence-electron chi connectivity index (χ1n) is 5.20. The summed E-state index contributed by atoms with van der Waals surface area (Å²) >= 11 is 5.57. The molecule has 0 saturated carbocycles. The van der Waals surface area contributed by atoms with Gasteiger partial charge in [0, 0.05) is 0 Å². The van der Waals surface area contributed by atoms with Crippen LogP contribution in [0.4, 0.5) is 14.9 Å². The predicted octanol–water partition coefficient (Wildman–Crippen LogP) is 2.37. The Morgan fingerprint density at radius 3 is 2.88 bits per heavy atom. The van der Waals surface area contributed by atoms with E-state index >= 15 is 0 Å². The Bertz CT molecular complexity index is 397. The van der Waals surface area contributed by atoms with Gasteiger partial charge in [-0.25, -0.2) is 9.18 Å². The number of hydrogen-bond acceptors (Lipinski definition) is 2. The number of nitrogens with one attached hydrogen (secondary N) is 2. The number of anilines is 1. The Kier molecular flexibility index (Phi) is 5.18. The molecule has 1 rings (SSSR count). The third kappa shape index (κ3) is 3.87. The molecule has 2 amide bonds. The molecule has 94 valence electrons. The Morgan fingerprint density at radius 1 is 1.59 bits per heavy atom. The summed E-state index contributed by atoms with van der Waals surface area (Å²) in [6.07, 6.45) is 0.585. The van der Waals surface area contributed by atoms with E-state index in [4.69, 9.17) is 16.7 Å². The number of carbonyl (C=O) groups excluding carboxylic acids is 1. The molecule has 0 bridgehead atoms. The average molecular weight is 261 g/mol. The van der Waals surface area contributed by atoms with Gasteiger partial charge in [-0.05, 0) is 18.6 Å². The van der Waals surface area contributed by atoms with E-state index < -0.39 is 11.8 Å². The maximum Gasteiger partial charge on any atom is 0.319 e. The molecule has 3 N–H and O–H groups in total. The lowest BCUT2D eigenvalue weighted by molar-refractivity contribution is 0.222. The van der Waals surface area contributed by atoms with Crippen LogP contribution in [0, 0.1) is 5.82 Å². The van der Waals surface area contributed by atoms with Crippen molar-refractivity contribution in [1.82, 2.24) is 5.32 Å². The number of urea groups is 1. The molecule has 0 fully saturated rings. The minimum Gasteiger partial charge on any atom is -0.394 e. The molecule has 0 saturated heterocycles. The lowest BCUT2D eigenvalue weighted by Gasteiger charge is -2.15. The summed E-state index contributed by atoms with van der Waals surface area (Å²) in [5.74, 6) is -0.679. The van der Waals surface area contributed by atoms with Crippen molar-refractivity contribution in [3.63, 3.8) is 0 Å². The van der Waals surface area contributed by atoms with E-state index in [9.17, 15) is 9.18 Å². The van der Waals surface area contributed by atoms with Crippen LogP contribution < -0.4 is 10.6 Å². The smallest absolute Gasteiger partial charge is 0.319 e. The van der Waals surface area contributed by atoms with Crippen LogP contribution in [0.3, 0.4) is 0 Å². The molecule has 0 aromatic heterocycles. The van der Waals surface area contributed by atoms with E-state index in [1.54, 1.807) is 0 Å². The highest BCUT2D eigenvalue weighted by molar-refractivity contribution is 6.31. The van der Waals surface area contributed by atoms with Crippen LogP contribution in [0.5, 0.6) is 0 Å². The van der Waals surface area contributed by atoms with E-state index in [1.165, 1.54) is 18.2 Å². The maximum absolute atomic E-state index is 13.4. The highest BCUT2D eigenvalue weighted by Gasteiger charge is 2.12. The summed E-state index contributed by atoms with van der Waals surface area (Å²) in [7, 11) is 0.